The zero-order valence-corrected chi connectivity index (χ0v) is 15.5. The van der Waals surface area contributed by atoms with Gasteiger partial charge in [0.15, 0.2) is 5.78 Å². The first-order valence-electron chi connectivity index (χ1n) is 10.2. The fraction of sp³-hybridized carbons (Fsp3) is 0.696. The Kier molecular flexibility index (Phi) is 4.09. The van der Waals surface area contributed by atoms with E-state index in [1.54, 1.807) is 11.1 Å². The van der Waals surface area contributed by atoms with Gasteiger partial charge in [-0.15, -0.1) is 0 Å². The lowest BCUT2D eigenvalue weighted by molar-refractivity contribution is -0.114. The third-order valence-corrected chi connectivity index (χ3v) is 7.80. The van der Waals surface area contributed by atoms with Crippen molar-refractivity contribution in [2.45, 2.75) is 78.1 Å². The van der Waals surface area contributed by atoms with Crippen LogP contribution >= 0.6 is 0 Å². The van der Waals surface area contributed by atoms with Gasteiger partial charge in [-0.3, -0.25) is 4.79 Å². The summed E-state index contributed by atoms with van der Waals surface area (Å²) in [6.45, 7) is 9.34. The Labute approximate surface area is 147 Å². The molecule has 1 nitrogen and oxygen atoms in total. The molecule has 0 bridgehead atoms. The molecule has 24 heavy (non-hydrogen) atoms. The van der Waals surface area contributed by atoms with Crippen molar-refractivity contribution >= 4 is 5.78 Å². The van der Waals surface area contributed by atoms with Crippen LogP contribution in [0.2, 0.25) is 0 Å². The topological polar surface area (TPSA) is 17.1 Å². The molecular formula is C23H32O. The molecule has 0 spiro atoms. The zero-order valence-electron chi connectivity index (χ0n) is 15.5. The smallest absolute Gasteiger partial charge is 0.156 e. The van der Waals surface area contributed by atoms with Crippen molar-refractivity contribution in [1.29, 1.82) is 0 Å². The number of ketones is 1. The first kappa shape index (κ1) is 16.4. The molecule has 0 heterocycles. The number of carbonyl (C=O) groups is 1. The van der Waals surface area contributed by atoms with Crippen LogP contribution in [0.1, 0.15) is 78.1 Å². The molecular weight excluding hydrogens is 292 g/mol. The van der Waals surface area contributed by atoms with Crippen LogP contribution in [0.25, 0.3) is 0 Å². The lowest BCUT2D eigenvalue weighted by Crippen LogP contribution is -2.40. The quantitative estimate of drug-likeness (QED) is 0.568. The van der Waals surface area contributed by atoms with Gasteiger partial charge in [-0.1, -0.05) is 38.0 Å². The van der Waals surface area contributed by atoms with E-state index in [1.807, 2.05) is 6.08 Å². The van der Waals surface area contributed by atoms with Gasteiger partial charge < -0.3 is 0 Å². The van der Waals surface area contributed by atoms with Crippen molar-refractivity contribution in [2.75, 3.05) is 0 Å². The molecule has 0 aromatic heterocycles. The van der Waals surface area contributed by atoms with E-state index in [0.717, 1.165) is 37.0 Å². The van der Waals surface area contributed by atoms with Gasteiger partial charge in [0.2, 0.25) is 0 Å². The maximum Gasteiger partial charge on any atom is 0.156 e. The van der Waals surface area contributed by atoms with E-state index in [2.05, 4.69) is 20.4 Å². The summed E-state index contributed by atoms with van der Waals surface area (Å²) in [6, 6.07) is 0. The normalized spacial score (nSPS) is 38.3. The molecule has 0 N–H and O–H groups in total. The van der Waals surface area contributed by atoms with Crippen LogP contribution in [0.15, 0.2) is 34.9 Å². The highest BCUT2D eigenvalue weighted by atomic mass is 16.1. The molecule has 0 amide bonds. The SMILES string of the molecule is C=C(CCC)[C@H]1CC[C@H]2[C@@H]3CCC4=CC(=O)CCC4=C3CC[C@]12C. The van der Waals surface area contributed by atoms with E-state index >= 15 is 0 Å². The molecule has 0 aliphatic heterocycles. The van der Waals surface area contributed by atoms with Crippen LogP contribution in [0.3, 0.4) is 0 Å². The Bertz CT molecular complexity index is 634. The van der Waals surface area contributed by atoms with Crippen molar-refractivity contribution in [1.82, 2.24) is 0 Å². The lowest BCUT2D eigenvalue weighted by atomic mass is 9.55. The average Bonchev–Trinajstić information content (AvgIpc) is 2.92. The molecule has 2 saturated carbocycles. The first-order valence-corrected chi connectivity index (χ1v) is 10.2. The summed E-state index contributed by atoms with van der Waals surface area (Å²) in [5.74, 6) is 2.75. The fourth-order valence-electron chi connectivity index (χ4n) is 6.70. The second-order valence-electron chi connectivity index (χ2n) is 8.94. The van der Waals surface area contributed by atoms with Gasteiger partial charge in [0.1, 0.15) is 0 Å². The summed E-state index contributed by atoms with van der Waals surface area (Å²) in [5.41, 5.74) is 6.75. The molecule has 1 heteroatoms. The number of allylic oxidation sites excluding steroid dienone is 5. The second kappa shape index (κ2) is 6.00. The fourth-order valence-corrected chi connectivity index (χ4v) is 6.70. The van der Waals surface area contributed by atoms with Crippen LogP contribution in [-0.4, -0.2) is 5.78 Å². The monoisotopic (exact) mass is 324 g/mol. The number of hydrogen-bond acceptors (Lipinski definition) is 1. The van der Waals surface area contributed by atoms with Gasteiger partial charge in [-0.05, 0) is 91.8 Å². The molecule has 0 radical (unpaired) electrons. The molecule has 4 aliphatic rings. The molecule has 0 aromatic carbocycles. The molecule has 0 aromatic rings. The van der Waals surface area contributed by atoms with E-state index in [0.29, 0.717) is 11.2 Å². The minimum Gasteiger partial charge on any atom is -0.295 e. The van der Waals surface area contributed by atoms with E-state index < -0.39 is 0 Å². The minimum absolute atomic E-state index is 0.352. The Morgan fingerprint density at radius 3 is 2.83 bits per heavy atom. The number of fused-ring (bicyclic) bond motifs is 4. The van der Waals surface area contributed by atoms with Gasteiger partial charge in [0, 0.05) is 6.42 Å². The van der Waals surface area contributed by atoms with Crippen molar-refractivity contribution in [3.05, 3.63) is 34.9 Å². The minimum atomic E-state index is 0.352. The largest absolute Gasteiger partial charge is 0.295 e. The number of hydrogen-bond donors (Lipinski definition) is 0. The molecule has 4 rings (SSSR count). The predicted molar refractivity (Wildman–Crippen MR) is 99.7 cm³/mol. The van der Waals surface area contributed by atoms with E-state index in [1.165, 1.54) is 56.1 Å². The highest BCUT2D eigenvalue weighted by Gasteiger charge is 2.53. The van der Waals surface area contributed by atoms with Crippen LogP contribution in [0.4, 0.5) is 0 Å². The Morgan fingerprint density at radius 1 is 1.21 bits per heavy atom. The van der Waals surface area contributed by atoms with E-state index in [-0.39, 0.29) is 0 Å². The van der Waals surface area contributed by atoms with Gasteiger partial charge in [-0.2, -0.15) is 0 Å². The van der Waals surface area contributed by atoms with Crippen molar-refractivity contribution < 1.29 is 4.79 Å². The summed E-state index contributed by atoms with van der Waals surface area (Å²) >= 11 is 0. The van der Waals surface area contributed by atoms with Crippen molar-refractivity contribution in [3.8, 4) is 0 Å². The molecule has 4 aliphatic carbocycles. The highest BCUT2D eigenvalue weighted by Crippen LogP contribution is 2.63. The zero-order chi connectivity index (χ0) is 16.9. The van der Waals surface area contributed by atoms with Gasteiger partial charge >= 0.3 is 0 Å². The van der Waals surface area contributed by atoms with Gasteiger partial charge in [0.25, 0.3) is 0 Å². The predicted octanol–water partition coefficient (Wildman–Crippen LogP) is 6.16. The van der Waals surface area contributed by atoms with Crippen LogP contribution in [-0.2, 0) is 4.79 Å². The molecule has 0 unspecified atom stereocenters. The van der Waals surface area contributed by atoms with Crippen molar-refractivity contribution in [2.24, 2.45) is 23.2 Å². The standard InChI is InChI=1S/C23H32O/c1-4-5-15(2)21-10-11-22-20-8-6-16-14-17(24)7-9-18(16)19(20)12-13-23(21,22)3/h14,20-22H,2,4-13H2,1,3H3/t20-,21-,22+,23-/m1/s1. The molecule has 2 fully saturated rings. The second-order valence-corrected chi connectivity index (χ2v) is 8.94. The third kappa shape index (κ3) is 2.38. The van der Waals surface area contributed by atoms with Gasteiger partial charge in [-0.25, -0.2) is 0 Å². The Balaban J connectivity index is 1.65. The van der Waals surface area contributed by atoms with Gasteiger partial charge in [0.05, 0.1) is 0 Å². The van der Waals surface area contributed by atoms with Crippen LogP contribution in [0.5, 0.6) is 0 Å². The maximum atomic E-state index is 11.8. The molecule has 0 saturated heterocycles. The van der Waals surface area contributed by atoms with Crippen LogP contribution in [0, 0.1) is 23.2 Å². The Morgan fingerprint density at radius 2 is 2.04 bits per heavy atom. The number of rotatable bonds is 3. The summed E-state index contributed by atoms with van der Waals surface area (Å²) in [7, 11) is 0. The summed E-state index contributed by atoms with van der Waals surface area (Å²) < 4.78 is 0. The lowest BCUT2D eigenvalue weighted by Gasteiger charge is -2.49. The highest BCUT2D eigenvalue weighted by molar-refractivity contribution is 5.93. The third-order valence-electron chi connectivity index (χ3n) is 7.80. The Hall–Kier alpha value is -1.11. The summed E-state index contributed by atoms with van der Waals surface area (Å²) in [4.78, 5) is 11.8. The molecule has 130 valence electrons. The molecule has 4 atom stereocenters. The van der Waals surface area contributed by atoms with Crippen molar-refractivity contribution in [3.63, 3.8) is 0 Å². The van der Waals surface area contributed by atoms with E-state index in [9.17, 15) is 4.79 Å². The number of carbonyl (C=O) groups excluding carboxylic acids is 1. The van der Waals surface area contributed by atoms with Crippen LogP contribution < -0.4 is 0 Å². The summed E-state index contributed by atoms with van der Waals surface area (Å²) in [5, 5.41) is 0. The first-order chi connectivity index (χ1) is 11.5. The van der Waals surface area contributed by atoms with E-state index in [4.69, 9.17) is 0 Å². The average molecular weight is 325 g/mol. The maximum absolute atomic E-state index is 11.8. The summed E-state index contributed by atoms with van der Waals surface area (Å²) in [6.07, 6.45) is 14.0.